The molecule has 0 spiro atoms. The van der Waals surface area contributed by atoms with Gasteiger partial charge in [0.2, 0.25) is 12.3 Å². The Kier molecular flexibility index (Phi) is 6.57. The first-order chi connectivity index (χ1) is 8.66. The van der Waals surface area contributed by atoms with Gasteiger partial charge in [0.1, 0.15) is 12.1 Å². The van der Waals surface area contributed by atoms with Crippen LogP contribution in [-0.2, 0) is 9.59 Å². The number of rotatable bonds is 8. The summed E-state index contributed by atoms with van der Waals surface area (Å²) in [6.07, 6.45) is 6.74. The molecule has 0 fully saturated rings. The summed E-state index contributed by atoms with van der Waals surface area (Å²) >= 11 is 0. The Morgan fingerprint density at radius 2 is 2.05 bits per heavy atom. The van der Waals surface area contributed by atoms with Crippen LogP contribution in [0.2, 0.25) is 0 Å². The third-order valence-electron chi connectivity index (χ3n) is 3.08. The molecule has 19 heavy (non-hydrogen) atoms. The number of quaternary nitrogens is 1. The minimum atomic E-state index is -0.861. The van der Waals surface area contributed by atoms with Crippen molar-refractivity contribution in [1.82, 2.24) is 10.2 Å². The van der Waals surface area contributed by atoms with Gasteiger partial charge in [-0.15, -0.1) is 6.42 Å². The van der Waals surface area contributed by atoms with E-state index in [1.165, 1.54) is 0 Å². The zero-order valence-corrected chi connectivity index (χ0v) is 12.7. The van der Waals surface area contributed by atoms with Crippen molar-refractivity contribution in [2.24, 2.45) is 0 Å². The molecule has 0 saturated heterocycles. The van der Waals surface area contributed by atoms with Crippen molar-refractivity contribution in [1.29, 1.82) is 0 Å². The van der Waals surface area contributed by atoms with E-state index in [-0.39, 0.29) is 5.91 Å². The van der Waals surface area contributed by atoms with E-state index in [1.807, 2.05) is 0 Å². The number of hydrogen-bond donors (Lipinski definition) is 1. The fourth-order valence-electron chi connectivity index (χ4n) is 1.85. The smallest absolute Gasteiger partial charge is 0.247 e. The maximum atomic E-state index is 12.1. The molecule has 0 aromatic carbocycles. The van der Waals surface area contributed by atoms with Crippen molar-refractivity contribution in [3.8, 4) is 12.3 Å². The number of likely N-dealkylation sites (N-methyl/N-ethyl adjacent to an activating group) is 1. The van der Waals surface area contributed by atoms with Crippen LogP contribution in [0.3, 0.4) is 0 Å². The van der Waals surface area contributed by atoms with Gasteiger partial charge in [-0.3, -0.25) is 9.59 Å². The Balaban J connectivity index is 4.26. The Labute approximate surface area is 116 Å². The maximum Gasteiger partial charge on any atom is 0.247 e. The standard InChI is InChI=1S/C14H25N3O2/c1-7-10-17(5,6)11-8-9-16(4)13(19)14(2,3)15-12-18/h1,12H,8-11H2,2-6H3/p+1. The molecule has 5 heteroatoms. The van der Waals surface area contributed by atoms with E-state index in [0.29, 0.717) is 19.5 Å². The second-order valence-corrected chi connectivity index (χ2v) is 5.99. The number of amides is 2. The largest absolute Gasteiger partial charge is 0.345 e. The highest BCUT2D eigenvalue weighted by molar-refractivity contribution is 5.87. The number of nitrogens with one attached hydrogen (secondary N) is 1. The minimum absolute atomic E-state index is 0.0955. The molecule has 0 aromatic heterocycles. The van der Waals surface area contributed by atoms with Crippen molar-refractivity contribution < 1.29 is 14.1 Å². The van der Waals surface area contributed by atoms with Gasteiger partial charge in [-0.2, -0.15) is 0 Å². The molecule has 0 aliphatic heterocycles. The van der Waals surface area contributed by atoms with Crippen LogP contribution in [0, 0.1) is 12.3 Å². The SMILES string of the molecule is C#CC[N+](C)(C)CCCN(C)C(=O)C(C)(C)NC=O. The Bertz CT molecular complexity index is 356. The molecule has 0 bridgehead atoms. The first kappa shape index (κ1) is 17.5. The lowest BCUT2D eigenvalue weighted by Crippen LogP contribution is -2.53. The summed E-state index contributed by atoms with van der Waals surface area (Å²) in [5, 5.41) is 2.53. The Hall–Kier alpha value is -1.54. The fourth-order valence-corrected chi connectivity index (χ4v) is 1.85. The van der Waals surface area contributed by atoms with Gasteiger partial charge >= 0.3 is 0 Å². The summed E-state index contributed by atoms with van der Waals surface area (Å²) in [6, 6.07) is 0. The van der Waals surface area contributed by atoms with Crippen LogP contribution in [0.5, 0.6) is 0 Å². The molecule has 2 amide bonds. The second-order valence-electron chi connectivity index (χ2n) is 5.99. The molecule has 0 unspecified atom stereocenters. The van der Waals surface area contributed by atoms with Crippen LogP contribution in [-0.4, -0.2) is 68.0 Å². The summed E-state index contributed by atoms with van der Waals surface area (Å²) in [4.78, 5) is 24.2. The van der Waals surface area contributed by atoms with E-state index in [9.17, 15) is 9.59 Å². The monoisotopic (exact) mass is 268 g/mol. The lowest BCUT2D eigenvalue weighted by molar-refractivity contribution is -0.883. The minimum Gasteiger partial charge on any atom is -0.345 e. The molecule has 108 valence electrons. The van der Waals surface area contributed by atoms with Crippen LogP contribution in [0.15, 0.2) is 0 Å². The van der Waals surface area contributed by atoms with Crippen LogP contribution in [0.1, 0.15) is 20.3 Å². The molecule has 0 atom stereocenters. The van der Waals surface area contributed by atoms with Gasteiger partial charge in [-0.1, -0.05) is 0 Å². The number of carbonyl (C=O) groups is 2. The van der Waals surface area contributed by atoms with Crippen molar-refractivity contribution in [2.45, 2.75) is 25.8 Å². The van der Waals surface area contributed by atoms with Crippen molar-refractivity contribution in [2.75, 3.05) is 40.8 Å². The molecule has 0 saturated carbocycles. The van der Waals surface area contributed by atoms with E-state index < -0.39 is 5.54 Å². The van der Waals surface area contributed by atoms with Gasteiger partial charge in [0, 0.05) is 20.0 Å². The first-order valence-corrected chi connectivity index (χ1v) is 6.38. The van der Waals surface area contributed by atoms with Crippen molar-refractivity contribution in [3.63, 3.8) is 0 Å². The molecule has 0 rings (SSSR count). The van der Waals surface area contributed by atoms with Gasteiger partial charge < -0.3 is 14.7 Å². The van der Waals surface area contributed by atoms with E-state index in [0.717, 1.165) is 17.4 Å². The lowest BCUT2D eigenvalue weighted by atomic mass is 10.0. The number of nitrogens with zero attached hydrogens (tertiary/aromatic N) is 2. The molecule has 5 nitrogen and oxygen atoms in total. The van der Waals surface area contributed by atoms with E-state index in [1.54, 1.807) is 25.8 Å². The predicted octanol–water partition coefficient (Wildman–Crippen LogP) is 0.0691. The average molecular weight is 268 g/mol. The number of terminal acetylenes is 1. The van der Waals surface area contributed by atoms with Gasteiger partial charge in [-0.05, 0) is 19.8 Å². The highest BCUT2D eigenvalue weighted by atomic mass is 16.2. The van der Waals surface area contributed by atoms with E-state index >= 15 is 0 Å². The van der Waals surface area contributed by atoms with Crippen molar-refractivity contribution >= 4 is 12.3 Å². The van der Waals surface area contributed by atoms with Crippen molar-refractivity contribution in [3.05, 3.63) is 0 Å². The van der Waals surface area contributed by atoms with Crippen LogP contribution in [0.4, 0.5) is 0 Å². The topological polar surface area (TPSA) is 49.4 Å². The van der Waals surface area contributed by atoms with Gasteiger partial charge in [0.25, 0.3) is 0 Å². The zero-order valence-electron chi connectivity index (χ0n) is 12.7. The number of hydrogen-bond acceptors (Lipinski definition) is 2. The average Bonchev–Trinajstić information content (AvgIpc) is 2.27. The third-order valence-corrected chi connectivity index (χ3v) is 3.08. The van der Waals surface area contributed by atoms with E-state index in [4.69, 9.17) is 6.42 Å². The predicted molar refractivity (Wildman–Crippen MR) is 76.2 cm³/mol. The highest BCUT2D eigenvalue weighted by Crippen LogP contribution is 2.07. The molecule has 0 heterocycles. The Morgan fingerprint density at radius 1 is 1.47 bits per heavy atom. The summed E-state index contributed by atoms with van der Waals surface area (Å²) < 4.78 is 0.745. The van der Waals surface area contributed by atoms with Crippen LogP contribution < -0.4 is 5.32 Å². The molecular weight excluding hydrogens is 242 g/mol. The van der Waals surface area contributed by atoms with Gasteiger partial charge in [0.05, 0.1) is 20.6 Å². The molecule has 0 aliphatic rings. The molecule has 0 aliphatic carbocycles. The quantitative estimate of drug-likeness (QED) is 0.385. The number of carbonyl (C=O) groups excluding carboxylic acids is 2. The molecule has 1 N–H and O–H groups in total. The normalized spacial score (nSPS) is 11.6. The first-order valence-electron chi connectivity index (χ1n) is 6.38. The highest BCUT2D eigenvalue weighted by Gasteiger charge is 2.29. The van der Waals surface area contributed by atoms with Gasteiger partial charge in [-0.25, -0.2) is 0 Å². The van der Waals surface area contributed by atoms with Crippen LogP contribution in [0.25, 0.3) is 0 Å². The summed E-state index contributed by atoms with van der Waals surface area (Å²) in [7, 11) is 5.89. The lowest BCUT2D eigenvalue weighted by Gasteiger charge is -2.31. The summed E-state index contributed by atoms with van der Waals surface area (Å²) in [5.74, 6) is 2.56. The zero-order chi connectivity index (χ0) is 15.1. The maximum absolute atomic E-state index is 12.1. The van der Waals surface area contributed by atoms with Gasteiger partial charge in [0.15, 0.2) is 0 Å². The summed E-state index contributed by atoms with van der Waals surface area (Å²) in [6.45, 7) is 5.62. The molecule has 0 aromatic rings. The van der Waals surface area contributed by atoms with Crippen LogP contribution >= 0.6 is 0 Å². The fraction of sp³-hybridized carbons (Fsp3) is 0.714. The molecular formula is C14H26N3O2+. The Morgan fingerprint density at radius 3 is 2.53 bits per heavy atom. The molecule has 0 radical (unpaired) electrons. The summed E-state index contributed by atoms with van der Waals surface area (Å²) in [5.41, 5.74) is -0.861. The van der Waals surface area contributed by atoms with E-state index in [2.05, 4.69) is 25.3 Å². The second kappa shape index (κ2) is 7.15. The third kappa shape index (κ3) is 6.25.